The second kappa shape index (κ2) is 9.22. The summed E-state index contributed by atoms with van der Waals surface area (Å²) in [5.74, 6) is 0.623. The molecule has 2 N–H and O–H groups in total. The van der Waals surface area contributed by atoms with Gasteiger partial charge in [0.15, 0.2) is 0 Å². The number of nitrogens with zero attached hydrogens (tertiary/aromatic N) is 2. The first-order chi connectivity index (χ1) is 14.9. The smallest absolute Gasteiger partial charge is 0.223 e. The van der Waals surface area contributed by atoms with E-state index in [0.29, 0.717) is 19.2 Å². The Hall–Kier alpha value is -2.32. The minimum atomic E-state index is 0.0191. The van der Waals surface area contributed by atoms with Crippen LogP contribution in [0.2, 0.25) is 0 Å². The quantitative estimate of drug-likeness (QED) is 0.543. The molecule has 0 saturated carbocycles. The molecular weight excluding hydrogens is 396 g/mol. The van der Waals surface area contributed by atoms with Gasteiger partial charge in [-0.15, -0.1) is 11.3 Å². The summed E-state index contributed by atoms with van der Waals surface area (Å²) in [6.45, 7) is 2.23. The van der Waals surface area contributed by atoms with Crippen LogP contribution in [0, 0.1) is 0 Å². The van der Waals surface area contributed by atoms with Crippen LogP contribution in [0.1, 0.15) is 12.0 Å². The van der Waals surface area contributed by atoms with Crippen molar-refractivity contribution in [3.8, 4) is 10.6 Å². The highest BCUT2D eigenvalue weighted by atomic mass is 32.1. The van der Waals surface area contributed by atoms with Crippen LogP contribution in [-0.4, -0.2) is 54.0 Å². The summed E-state index contributed by atoms with van der Waals surface area (Å²) < 4.78 is 12.2. The van der Waals surface area contributed by atoms with Crippen LogP contribution in [0.5, 0.6) is 0 Å². The summed E-state index contributed by atoms with van der Waals surface area (Å²) in [6.07, 6.45) is 4.07. The van der Waals surface area contributed by atoms with Gasteiger partial charge in [-0.2, -0.15) is 0 Å². The van der Waals surface area contributed by atoms with E-state index in [1.165, 1.54) is 5.56 Å². The molecule has 0 bridgehead atoms. The molecule has 0 aliphatic carbocycles. The zero-order valence-electron chi connectivity index (χ0n) is 16.7. The summed E-state index contributed by atoms with van der Waals surface area (Å²) >= 11 is 1.68. The Labute approximate surface area is 180 Å². The van der Waals surface area contributed by atoms with Crippen LogP contribution < -0.4 is 10.6 Å². The van der Waals surface area contributed by atoms with Crippen molar-refractivity contribution in [1.82, 2.24) is 15.3 Å². The Kier molecular flexibility index (Phi) is 6.03. The lowest BCUT2D eigenvalue weighted by Gasteiger charge is -2.18. The number of hydrogen-bond donors (Lipinski definition) is 2. The highest BCUT2D eigenvalue weighted by Crippen LogP contribution is 2.29. The molecule has 2 aliphatic rings. The molecule has 1 aromatic carbocycles. The van der Waals surface area contributed by atoms with Gasteiger partial charge in [0, 0.05) is 6.20 Å². The molecule has 2 fully saturated rings. The first-order valence-corrected chi connectivity index (χ1v) is 11.4. The molecule has 4 heterocycles. The van der Waals surface area contributed by atoms with Crippen molar-refractivity contribution >= 4 is 17.3 Å². The van der Waals surface area contributed by atoms with Gasteiger partial charge in [-0.25, -0.2) is 9.97 Å². The Bertz CT molecular complexity index is 937. The predicted octanol–water partition coefficient (Wildman–Crippen LogP) is 3.37. The molecule has 6 nitrogen and oxygen atoms in total. The number of ether oxygens (including phenoxy) is 2. The number of fused-ring (bicyclic) bond motifs is 1. The van der Waals surface area contributed by atoms with Gasteiger partial charge in [0.2, 0.25) is 5.95 Å². The standard InChI is InChI=1S/C23H26N4O2S/c1-2-6-16(7-3-1)8-4-11-24-18-14-28-22-19(15-29-21(18)22)27-23-25-12-10-17(26-23)20-9-5-13-30-20/h1-3,5-7,9-10,12-13,18-19,21-22,24H,4,8,11,14-15H2,(H,25,26,27)/t18-,19+,21-,22+/m1/s1. The molecule has 7 heteroatoms. The van der Waals surface area contributed by atoms with Gasteiger partial charge in [0.25, 0.3) is 0 Å². The van der Waals surface area contributed by atoms with Crippen molar-refractivity contribution in [2.45, 2.75) is 37.1 Å². The SMILES string of the molecule is c1ccc(CCCN[C@@H]2CO[C@@H]3[C@@H]2OC[C@@H]3Nc2nccc(-c3cccs3)n2)cc1. The van der Waals surface area contributed by atoms with Gasteiger partial charge < -0.3 is 20.1 Å². The van der Waals surface area contributed by atoms with E-state index in [1.54, 1.807) is 17.5 Å². The average Bonchev–Trinajstić information content (AvgIpc) is 3.52. The molecule has 156 valence electrons. The van der Waals surface area contributed by atoms with Crippen molar-refractivity contribution in [3.05, 3.63) is 65.7 Å². The second-order valence-corrected chi connectivity index (χ2v) is 8.69. The van der Waals surface area contributed by atoms with E-state index < -0.39 is 0 Å². The maximum absolute atomic E-state index is 6.09. The average molecular weight is 423 g/mol. The summed E-state index contributed by atoms with van der Waals surface area (Å²) in [6, 6.07) is 16.9. The summed E-state index contributed by atoms with van der Waals surface area (Å²) in [5.41, 5.74) is 2.31. The third-order valence-electron chi connectivity index (χ3n) is 5.69. The largest absolute Gasteiger partial charge is 0.371 e. The molecule has 0 radical (unpaired) electrons. The van der Waals surface area contributed by atoms with Gasteiger partial charge in [-0.1, -0.05) is 36.4 Å². The van der Waals surface area contributed by atoms with Crippen LogP contribution >= 0.6 is 11.3 Å². The second-order valence-electron chi connectivity index (χ2n) is 7.74. The lowest BCUT2D eigenvalue weighted by molar-refractivity contribution is 0.0676. The van der Waals surface area contributed by atoms with Crippen LogP contribution in [0.25, 0.3) is 10.6 Å². The Morgan fingerprint density at radius 2 is 1.80 bits per heavy atom. The molecule has 5 rings (SSSR count). The van der Waals surface area contributed by atoms with Gasteiger partial charge in [-0.3, -0.25) is 0 Å². The number of benzene rings is 1. The maximum Gasteiger partial charge on any atom is 0.223 e. The van der Waals surface area contributed by atoms with Crippen LogP contribution in [0.3, 0.4) is 0 Å². The van der Waals surface area contributed by atoms with E-state index in [9.17, 15) is 0 Å². The molecule has 0 amide bonds. The van der Waals surface area contributed by atoms with Crippen LogP contribution in [-0.2, 0) is 15.9 Å². The minimum absolute atomic E-state index is 0.0191. The van der Waals surface area contributed by atoms with Crippen LogP contribution in [0.4, 0.5) is 5.95 Å². The molecule has 0 unspecified atom stereocenters. The predicted molar refractivity (Wildman–Crippen MR) is 119 cm³/mol. The number of aryl methyl sites for hydroxylation is 1. The van der Waals surface area contributed by atoms with Crippen molar-refractivity contribution in [3.63, 3.8) is 0 Å². The Morgan fingerprint density at radius 1 is 0.967 bits per heavy atom. The molecule has 0 spiro atoms. The topological polar surface area (TPSA) is 68.3 Å². The third kappa shape index (κ3) is 4.39. The van der Waals surface area contributed by atoms with E-state index >= 15 is 0 Å². The zero-order valence-corrected chi connectivity index (χ0v) is 17.6. The zero-order chi connectivity index (χ0) is 20.2. The van der Waals surface area contributed by atoms with Crippen molar-refractivity contribution in [2.24, 2.45) is 0 Å². The van der Waals surface area contributed by atoms with Crippen molar-refractivity contribution in [1.29, 1.82) is 0 Å². The van der Waals surface area contributed by atoms with Crippen LogP contribution in [0.15, 0.2) is 60.1 Å². The lowest BCUT2D eigenvalue weighted by Crippen LogP contribution is -2.42. The number of anilines is 1. The Morgan fingerprint density at radius 3 is 2.63 bits per heavy atom. The molecule has 2 aromatic heterocycles. The van der Waals surface area contributed by atoms with Gasteiger partial charge in [-0.05, 0) is 42.5 Å². The number of thiophene rings is 1. The number of nitrogens with one attached hydrogen (secondary N) is 2. The van der Waals surface area contributed by atoms with E-state index in [0.717, 1.165) is 30.0 Å². The van der Waals surface area contributed by atoms with Crippen molar-refractivity contribution < 1.29 is 9.47 Å². The fourth-order valence-corrected chi connectivity index (χ4v) is 4.87. The Balaban J connectivity index is 1.13. The molecule has 30 heavy (non-hydrogen) atoms. The lowest BCUT2D eigenvalue weighted by atomic mass is 10.1. The molecule has 2 saturated heterocycles. The highest BCUT2D eigenvalue weighted by molar-refractivity contribution is 7.13. The minimum Gasteiger partial charge on any atom is -0.371 e. The fraction of sp³-hybridized carbons (Fsp3) is 0.391. The van der Waals surface area contributed by atoms with E-state index in [2.05, 4.69) is 62.4 Å². The summed E-state index contributed by atoms with van der Waals surface area (Å²) in [7, 11) is 0. The van der Waals surface area contributed by atoms with Gasteiger partial charge in [0.05, 0.1) is 35.9 Å². The summed E-state index contributed by atoms with van der Waals surface area (Å²) in [5, 5.41) is 9.11. The number of hydrogen-bond acceptors (Lipinski definition) is 7. The monoisotopic (exact) mass is 422 g/mol. The maximum atomic E-state index is 6.09. The summed E-state index contributed by atoms with van der Waals surface area (Å²) in [4.78, 5) is 10.2. The fourth-order valence-electron chi connectivity index (χ4n) is 4.18. The normalized spacial score (nSPS) is 25.3. The number of aromatic nitrogens is 2. The van der Waals surface area contributed by atoms with E-state index in [-0.39, 0.29) is 24.3 Å². The van der Waals surface area contributed by atoms with E-state index in [4.69, 9.17) is 9.47 Å². The molecular formula is C23H26N4O2S. The first kappa shape index (κ1) is 19.6. The van der Waals surface area contributed by atoms with Crippen molar-refractivity contribution in [2.75, 3.05) is 25.1 Å². The third-order valence-corrected chi connectivity index (χ3v) is 6.58. The van der Waals surface area contributed by atoms with Gasteiger partial charge >= 0.3 is 0 Å². The number of rotatable bonds is 8. The van der Waals surface area contributed by atoms with Gasteiger partial charge in [0.1, 0.15) is 12.2 Å². The highest BCUT2D eigenvalue weighted by Gasteiger charge is 2.47. The molecule has 3 aromatic rings. The van der Waals surface area contributed by atoms with E-state index in [1.807, 2.05) is 12.1 Å². The molecule has 2 aliphatic heterocycles. The molecule has 4 atom stereocenters. The first-order valence-electron chi connectivity index (χ1n) is 10.5.